The third kappa shape index (κ3) is 5.75. The molecular weight excluding hydrogens is 456 g/mol. The van der Waals surface area contributed by atoms with Crippen LogP contribution in [0.15, 0.2) is 53.4 Å². The summed E-state index contributed by atoms with van der Waals surface area (Å²) >= 11 is 6.86. The van der Waals surface area contributed by atoms with Crippen molar-refractivity contribution in [1.82, 2.24) is 4.90 Å². The molecule has 1 saturated carbocycles. The van der Waals surface area contributed by atoms with Crippen molar-refractivity contribution in [3.8, 4) is 11.5 Å². The average molecular weight is 483 g/mol. The maximum absolute atomic E-state index is 12.9. The van der Waals surface area contributed by atoms with Gasteiger partial charge in [-0.2, -0.15) is 0 Å². The molecule has 0 unspecified atom stereocenters. The lowest BCUT2D eigenvalue weighted by Gasteiger charge is -2.29. The van der Waals surface area contributed by atoms with Crippen LogP contribution < -0.4 is 14.8 Å². The number of carbonyl (C=O) groups is 2. The molecule has 2 amide bonds. The van der Waals surface area contributed by atoms with Gasteiger partial charge in [-0.05, 0) is 48.7 Å². The molecule has 2 aromatic carbocycles. The molecule has 1 aliphatic carbocycles. The van der Waals surface area contributed by atoms with Crippen LogP contribution in [0.3, 0.4) is 0 Å². The fourth-order valence-electron chi connectivity index (χ4n) is 4.03. The Morgan fingerprint density at radius 1 is 1.15 bits per heavy atom. The van der Waals surface area contributed by atoms with Crippen LogP contribution in [0.25, 0.3) is 6.08 Å². The van der Waals surface area contributed by atoms with E-state index >= 15 is 0 Å². The molecule has 0 radical (unpaired) electrons. The summed E-state index contributed by atoms with van der Waals surface area (Å²) in [5.74, 6) is 0.876. The zero-order valence-corrected chi connectivity index (χ0v) is 20.0. The molecule has 1 saturated heterocycles. The van der Waals surface area contributed by atoms with Gasteiger partial charge in [-0.1, -0.05) is 67.5 Å². The number of rotatable bonds is 7. The number of anilines is 1. The monoisotopic (exact) mass is 482 g/mol. The number of thioether (sulfide) groups is 1. The molecular formula is C25H26N2O4S2. The first-order valence-electron chi connectivity index (χ1n) is 11.0. The van der Waals surface area contributed by atoms with E-state index in [1.807, 2.05) is 35.2 Å². The van der Waals surface area contributed by atoms with Gasteiger partial charge in [-0.3, -0.25) is 14.5 Å². The number of methoxy groups -OCH3 is 1. The van der Waals surface area contributed by atoms with Crippen LogP contribution in [0, 0.1) is 0 Å². The van der Waals surface area contributed by atoms with Crippen molar-refractivity contribution in [2.75, 3.05) is 19.0 Å². The SMILES string of the molecule is COc1ccccc1NC(=O)COc1ccc(/C=C2/SC(=S)N(C3CCCCC3)C2=O)cc1. The minimum atomic E-state index is -0.282. The van der Waals surface area contributed by atoms with Gasteiger partial charge in [-0.15, -0.1) is 0 Å². The van der Waals surface area contributed by atoms with Crippen molar-refractivity contribution in [3.63, 3.8) is 0 Å². The van der Waals surface area contributed by atoms with E-state index in [-0.39, 0.29) is 24.5 Å². The Morgan fingerprint density at radius 3 is 2.61 bits per heavy atom. The molecule has 6 nitrogen and oxygen atoms in total. The molecule has 2 aliphatic rings. The van der Waals surface area contributed by atoms with Crippen molar-refractivity contribution in [1.29, 1.82) is 0 Å². The third-order valence-electron chi connectivity index (χ3n) is 5.69. The molecule has 4 rings (SSSR count). The highest BCUT2D eigenvalue weighted by Crippen LogP contribution is 2.37. The van der Waals surface area contributed by atoms with Crippen molar-refractivity contribution in [2.24, 2.45) is 0 Å². The Labute approximate surface area is 203 Å². The fraction of sp³-hybridized carbons (Fsp3) is 0.320. The molecule has 2 fully saturated rings. The van der Waals surface area contributed by atoms with E-state index in [1.165, 1.54) is 18.2 Å². The summed E-state index contributed by atoms with van der Waals surface area (Å²) in [4.78, 5) is 27.6. The van der Waals surface area contributed by atoms with Gasteiger partial charge in [0.05, 0.1) is 17.7 Å². The van der Waals surface area contributed by atoms with E-state index in [2.05, 4.69) is 5.32 Å². The smallest absolute Gasteiger partial charge is 0.266 e. The molecule has 0 spiro atoms. The Kier molecular flexibility index (Phi) is 7.67. The number of para-hydroxylation sites is 2. The molecule has 0 atom stereocenters. The minimum Gasteiger partial charge on any atom is -0.495 e. The lowest BCUT2D eigenvalue weighted by Crippen LogP contribution is -2.39. The van der Waals surface area contributed by atoms with Gasteiger partial charge in [0.2, 0.25) is 0 Å². The maximum atomic E-state index is 12.9. The van der Waals surface area contributed by atoms with Crippen molar-refractivity contribution in [3.05, 3.63) is 59.0 Å². The van der Waals surface area contributed by atoms with E-state index < -0.39 is 0 Å². The first-order valence-corrected chi connectivity index (χ1v) is 12.2. The number of amides is 2. The first-order chi connectivity index (χ1) is 16.0. The summed E-state index contributed by atoms with van der Waals surface area (Å²) in [6.45, 7) is -0.128. The Balaban J connectivity index is 1.33. The average Bonchev–Trinajstić information content (AvgIpc) is 3.12. The van der Waals surface area contributed by atoms with Crippen LogP contribution >= 0.6 is 24.0 Å². The molecule has 33 heavy (non-hydrogen) atoms. The second-order valence-corrected chi connectivity index (χ2v) is 9.63. The lowest BCUT2D eigenvalue weighted by molar-refractivity contribution is -0.124. The molecule has 0 aromatic heterocycles. The molecule has 1 heterocycles. The molecule has 172 valence electrons. The summed E-state index contributed by atoms with van der Waals surface area (Å²) in [5, 5.41) is 2.78. The van der Waals surface area contributed by atoms with E-state index in [0.717, 1.165) is 31.2 Å². The highest BCUT2D eigenvalue weighted by Gasteiger charge is 2.37. The van der Waals surface area contributed by atoms with E-state index in [1.54, 1.807) is 31.4 Å². The molecule has 0 bridgehead atoms. The number of nitrogens with one attached hydrogen (secondary N) is 1. The summed E-state index contributed by atoms with van der Waals surface area (Å²) in [5.41, 5.74) is 1.47. The number of hydrogen-bond donors (Lipinski definition) is 1. The number of hydrogen-bond acceptors (Lipinski definition) is 6. The summed E-state index contributed by atoms with van der Waals surface area (Å²) in [6, 6.07) is 14.7. The van der Waals surface area contributed by atoms with Gasteiger partial charge in [0, 0.05) is 6.04 Å². The summed E-state index contributed by atoms with van der Waals surface area (Å²) < 4.78 is 11.5. The van der Waals surface area contributed by atoms with Gasteiger partial charge in [-0.25, -0.2) is 0 Å². The van der Waals surface area contributed by atoms with Crippen LogP contribution in [-0.4, -0.2) is 40.8 Å². The predicted molar refractivity (Wildman–Crippen MR) is 135 cm³/mol. The van der Waals surface area contributed by atoms with Gasteiger partial charge in [0.25, 0.3) is 11.8 Å². The maximum Gasteiger partial charge on any atom is 0.266 e. The fourth-order valence-corrected chi connectivity index (χ4v) is 5.43. The number of nitrogens with zero attached hydrogens (tertiary/aromatic N) is 1. The van der Waals surface area contributed by atoms with Crippen molar-refractivity contribution in [2.45, 2.75) is 38.1 Å². The highest BCUT2D eigenvalue weighted by molar-refractivity contribution is 8.26. The molecule has 2 aromatic rings. The van der Waals surface area contributed by atoms with Crippen LogP contribution in [0.2, 0.25) is 0 Å². The minimum absolute atomic E-state index is 0.00485. The van der Waals surface area contributed by atoms with Gasteiger partial charge < -0.3 is 14.8 Å². The van der Waals surface area contributed by atoms with Crippen molar-refractivity contribution >= 4 is 51.9 Å². The normalized spacial score (nSPS) is 18.0. The number of ether oxygens (including phenoxy) is 2. The standard InChI is InChI=1S/C25H26N2O4S2/c1-30-21-10-6-5-9-20(21)26-23(28)16-31-19-13-11-17(12-14-19)15-22-24(29)27(25(32)33-22)18-7-3-2-4-8-18/h5-6,9-15,18H,2-4,7-8,16H2,1H3,(H,26,28)/b22-15+. The summed E-state index contributed by atoms with van der Waals surface area (Å²) in [6.07, 6.45) is 7.45. The van der Waals surface area contributed by atoms with Gasteiger partial charge in [0.1, 0.15) is 15.8 Å². The number of thiocarbonyl (C=S) groups is 1. The zero-order valence-electron chi connectivity index (χ0n) is 18.4. The summed E-state index contributed by atoms with van der Waals surface area (Å²) in [7, 11) is 1.55. The topological polar surface area (TPSA) is 67.9 Å². The van der Waals surface area contributed by atoms with Crippen LogP contribution in [0.5, 0.6) is 11.5 Å². The largest absolute Gasteiger partial charge is 0.495 e. The lowest BCUT2D eigenvalue weighted by atomic mass is 9.94. The predicted octanol–water partition coefficient (Wildman–Crippen LogP) is 5.25. The van der Waals surface area contributed by atoms with Crippen molar-refractivity contribution < 1.29 is 19.1 Å². The molecule has 1 N–H and O–H groups in total. The quantitative estimate of drug-likeness (QED) is 0.430. The van der Waals surface area contributed by atoms with Gasteiger partial charge >= 0.3 is 0 Å². The Morgan fingerprint density at radius 2 is 1.88 bits per heavy atom. The van der Waals surface area contributed by atoms with Gasteiger partial charge in [0.15, 0.2) is 6.61 Å². The number of benzene rings is 2. The van der Waals surface area contributed by atoms with E-state index in [0.29, 0.717) is 26.4 Å². The van der Waals surface area contributed by atoms with Crippen LogP contribution in [0.1, 0.15) is 37.7 Å². The van der Waals surface area contributed by atoms with E-state index in [9.17, 15) is 9.59 Å². The third-order valence-corrected chi connectivity index (χ3v) is 7.02. The van der Waals surface area contributed by atoms with Crippen LogP contribution in [0.4, 0.5) is 5.69 Å². The number of carbonyl (C=O) groups excluding carboxylic acids is 2. The van der Waals surface area contributed by atoms with Crippen LogP contribution in [-0.2, 0) is 9.59 Å². The van der Waals surface area contributed by atoms with E-state index in [4.69, 9.17) is 21.7 Å². The first kappa shape index (κ1) is 23.3. The molecule has 8 heteroatoms. The second kappa shape index (κ2) is 10.9. The highest BCUT2D eigenvalue weighted by atomic mass is 32.2. The Hall–Kier alpha value is -2.84. The Bertz CT molecular complexity index is 1060. The second-order valence-electron chi connectivity index (χ2n) is 7.95. The zero-order chi connectivity index (χ0) is 23.2. The molecule has 1 aliphatic heterocycles.